The molecule has 0 bridgehead atoms. The van der Waals surface area contributed by atoms with Gasteiger partial charge < -0.3 is 9.67 Å². The van der Waals surface area contributed by atoms with Crippen molar-refractivity contribution in [1.82, 2.24) is 9.55 Å². The van der Waals surface area contributed by atoms with Gasteiger partial charge in [-0.15, -0.1) is 0 Å². The van der Waals surface area contributed by atoms with Gasteiger partial charge in [0.15, 0.2) is 10.9 Å². The lowest BCUT2D eigenvalue weighted by molar-refractivity contribution is 0.0690. The third kappa shape index (κ3) is 1.54. The Hall–Kier alpha value is -0.970. The van der Waals surface area contributed by atoms with Gasteiger partial charge in [-0.2, -0.15) is 0 Å². The van der Waals surface area contributed by atoms with Gasteiger partial charge >= 0.3 is 5.97 Å². The summed E-state index contributed by atoms with van der Waals surface area (Å²) in [6.07, 6.45) is 3.35. The minimum Gasteiger partial charge on any atom is -0.476 e. The number of aryl methyl sites for hydroxylation is 1. The molecule has 1 rings (SSSR count). The summed E-state index contributed by atoms with van der Waals surface area (Å²) in [6, 6.07) is 0. The highest BCUT2D eigenvalue weighted by molar-refractivity contribution is 7.98. The van der Waals surface area contributed by atoms with Crippen molar-refractivity contribution < 1.29 is 9.90 Å². The SMILES string of the molecule is CSc1nc(C(=O)O)cn1C. The lowest BCUT2D eigenvalue weighted by Gasteiger charge is -1.91. The smallest absolute Gasteiger partial charge is 0.356 e. The minimum atomic E-state index is -0.985. The molecule has 0 radical (unpaired) electrons. The normalized spacial score (nSPS) is 10.0. The maximum Gasteiger partial charge on any atom is 0.356 e. The van der Waals surface area contributed by atoms with E-state index in [0.29, 0.717) is 5.16 Å². The Balaban J connectivity index is 3.05. The number of imidazole rings is 1. The molecule has 0 aliphatic rings. The van der Waals surface area contributed by atoms with E-state index in [0.717, 1.165) is 0 Å². The fourth-order valence-electron chi connectivity index (χ4n) is 0.742. The molecule has 1 heterocycles. The van der Waals surface area contributed by atoms with E-state index in [-0.39, 0.29) is 5.69 Å². The molecule has 0 aliphatic carbocycles. The van der Waals surface area contributed by atoms with Gasteiger partial charge in [-0.05, 0) is 6.26 Å². The number of rotatable bonds is 2. The van der Waals surface area contributed by atoms with Gasteiger partial charge in [0.25, 0.3) is 0 Å². The molecule has 0 fully saturated rings. The van der Waals surface area contributed by atoms with E-state index in [1.165, 1.54) is 18.0 Å². The van der Waals surface area contributed by atoms with Gasteiger partial charge in [-0.3, -0.25) is 0 Å². The third-order valence-corrected chi connectivity index (χ3v) is 1.98. The summed E-state index contributed by atoms with van der Waals surface area (Å²) in [5, 5.41) is 9.24. The summed E-state index contributed by atoms with van der Waals surface area (Å²) >= 11 is 1.42. The molecule has 0 saturated heterocycles. The molecule has 1 aromatic heterocycles. The number of hydrogen-bond donors (Lipinski definition) is 1. The highest BCUT2D eigenvalue weighted by Crippen LogP contribution is 2.12. The van der Waals surface area contributed by atoms with Crippen molar-refractivity contribution in [2.75, 3.05) is 6.26 Å². The van der Waals surface area contributed by atoms with E-state index in [4.69, 9.17) is 5.11 Å². The zero-order valence-corrected chi connectivity index (χ0v) is 7.05. The zero-order valence-electron chi connectivity index (χ0n) is 6.24. The number of nitrogens with zero attached hydrogens (tertiary/aromatic N) is 2. The molecule has 0 aromatic carbocycles. The van der Waals surface area contributed by atoms with Crippen LogP contribution in [0.3, 0.4) is 0 Å². The predicted molar refractivity (Wildman–Crippen MR) is 41.9 cm³/mol. The first kappa shape index (κ1) is 8.13. The van der Waals surface area contributed by atoms with Crippen LogP contribution in [0.1, 0.15) is 10.5 Å². The summed E-state index contributed by atoms with van der Waals surface area (Å²) in [4.78, 5) is 14.3. The molecule has 11 heavy (non-hydrogen) atoms. The Kier molecular flexibility index (Phi) is 2.19. The minimum absolute atomic E-state index is 0.0943. The molecule has 0 atom stereocenters. The lowest BCUT2D eigenvalue weighted by atomic mass is 10.5. The van der Waals surface area contributed by atoms with Crippen LogP contribution < -0.4 is 0 Å². The first-order valence-electron chi connectivity index (χ1n) is 2.96. The molecule has 1 aromatic rings. The van der Waals surface area contributed by atoms with Crippen molar-refractivity contribution in [2.24, 2.45) is 7.05 Å². The van der Waals surface area contributed by atoms with Crippen molar-refractivity contribution in [3.05, 3.63) is 11.9 Å². The highest BCUT2D eigenvalue weighted by atomic mass is 32.2. The Bertz CT molecular complexity index is 282. The fraction of sp³-hybridized carbons (Fsp3) is 0.333. The Morgan fingerprint density at radius 2 is 2.45 bits per heavy atom. The maximum absolute atomic E-state index is 10.4. The monoisotopic (exact) mass is 172 g/mol. The number of carboxylic acid groups (broad SMARTS) is 1. The van der Waals surface area contributed by atoms with Crippen molar-refractivity contribution in [3.8, 4) is 0 Å². The average Bonchev–Trinajstić information content (AvgIpc) is 2.31. The molecule has 0 unspecified atom stereocenters. The summed E-state index contributed by atoms with van der Waals surface area (Å²) in [7, 11) is 1.77. The molecule has 5 heteroatoms. The van der Waals surface area contributed by atoms with Gasteiger partial charge in [0.2, 0.25) is 0 Å². The molecule has 0 spiro atoms. The van der Waals surface area contributed by atoms with Gasteiger partial charge in [-0.1, -0.05) is 11.8 Å². The highest BCUT2D eigenvalue weighted by Gasteiger charge is 2.09. The number of hydrogen-bond acceptors (Lipinski definition) is 3. The van der Waals surface area contributed by atoms with E-state index in [1.807, 2.05) is 6.26 Å². The number of carboxylic acids is 1. The molecule has 60 valence electrons. The number of aromatic carboxylic acids is 1. The van der Waals surface area contributed by atoms with Crippen LogP contribution in [0.2, 0.25) is 0 Å². The lowest BCUT2D eigenvalue weighted by Crippen LogP contribution is -1.95. The van der Waals surface area contributed by atoms with Crippen LogP contribution in [0, 0.1) is 0 Å². The van der Waals surface area contributed by atoms with Crippen LogP contribution in [-0.2, 0) is 7.05 Å². The summed E-state index contributed by atoms with van der Waals surface area (Å²) in [6.45, 7) is 0. The van der Waals surface area contributed by atoms with Gasteiger partial charge in [0.05, 0.1) is 0 Å². The van der Waals surface area contributed by atoms with E-state index in [1.54, 1.807) is 11.6 Å². The largest absolute Gasteiger partial charge is 0.476 e. The van der Waals surface area contributed by atoms with Crippen LogP contribution in [0.4, 0.5) is 0 Å². The average molecular weight is 172 g/mol. The third-order valence-electron chi connectivity index (χ3n) is 1.24. The summed E-state index contributed by atoms with van der Waals surface area (Å²) < 4.78 is 1.69. The zero-order chi connectivity index (χ0) is 8.43. The van der Waals surface area contributed by atoms with E-state index < -0.39 is 5.97 Å². The molecule has 4 nitrogen and oxygen atoms in total. The Morgan fingerprint density at radius 3 is 2.73 bits per heavy atom. The van der Waals surface area contributed by atoms with Crippen LogP contribution in [-0.4, -0.2) is 26.9 Å². The quantitative estimate of drug-likeness (QED) is 0.671. The van der Waals surface area contributed by atoms with E-state index in [9.17, 15) is 4.79 Å². The fourth-order valence-corrected chi connectivity index (χ4v) is 1.27. The maximum atomic E-state index is 10.4. The number of aromatic nitrogens is 2. The molecule has 1 N–H and O–H groups in total. The molecule has 0 saturated carbocycles. The molecule has 0 amide bonds. The number of thioether (sulfide) groups is 1. The first-order valence-corrected chi connectivity index (χ1v) is 4.18. The topological polar surface area (TPSA) is 55.1 Å². The predicted octanol–water partition coefficient (Wildman–Crippen LogP) is 0.840. The van der Waals surface area contributed by atoms with Gasteiger partial charge in [0.1, 0.15) is 0 Å². The van der Waals surface area contributed by atoms with E-state index in [2.05, 4.69) is 4.98 Å². The second-order valence-corrected chi connectivity index (χ2v) is 2.80. The standard InChI is InChI=1S/C6H8N2O2S/c1-8-3-4(5(9)10)7-6(8)11-2/h3H,1-2H3,(H,9,10). The van der Waals surface area contributed by atoms with Crippen molar-refractivity contribution in [1.29, 1.82) is 0 Å². The summed E-state index contributed by atoms with van der Waals surface area (Å²) in [5.74, 6) is -0.985. The molecular formula is C6H8N2O2S. The van der Waals surface area contributed by atoms with Crippen molar-refractivity contribution in [3.63, 3.8) is 0 Å². The first-order chi connectivity index (χ1) is 5.15. The second-order valence-electron chi connectivity index (χ2n) is 2.03. The van der Waals surface area contributed by atoms with Crippen molar-refractivity contribution in [2.45, 2.75) is 5.16 Å². The number of carbonyl (C=O) groups is 1. The Labute approximate surface area is 68.2 Å². The van der Waals surface area contributed by atoms with Gasteiger partial charge in [-0.25, -0.2) is 9.78 Å². The van der Waals surface area contributed by atoms with Crippen LogP contribution in [0.15, 0.2) is 11.4 Å². The molecule has 0 aliphatic heterocycles. The van der Waals surface area contributed by atoms with Gasteiger partial charge in [0, 0.05) is 13.2 Å². The van der Waals surface area contributed by atoms with E-state index >= 15 is 0 Å². The molecular weight excluding hydrogens is 164 g/mol. The van der Waals surface area contributed by atoms with Crippen LogP contribution >= 0.6 is 11.8 Å². The summed E-state index contributed by atoms with van der Waals surface area (Å²) in [5.41, 5.74) is 0.0943. The van der Waals surface area contributed by atoms with Crippen molar-refractivity contribution >= 4 is 17.7 Å². The van der Waals surface area contributed by atoms with Crippen LogP contribution in [0.5, 0.6) is 0 Å². The second kappa shape index (κ2) is 2.96. The Morgan fingerprint density at radius 1 is 1.82 bits per heavy atom. The van der Waals surface area contributed by atoms with Crippen LogP contribution in [0.25, 0.3) is 0 Å².